The van der Waals surface area contributed by atoms with Crippen LogP contribution in [0, 0.1) is 11.8 Å². The zero-order valence-corrected chi connectivity index (χ0v) is 19.6. The van der Waals surface area contributed by atoms with Crippen molar-refractivity contribution in [3.05, 3.63) is 16.1 Å². The second kappa shape index (κ2) is 12.5. The number of carbonyl (C=O) groups is 3. The highest BCUT2D eigenvalue weighted by Crippen LogP contribution is 2.31. The molecule has 0 fully saturated rings. The standard InChI is InChI=1S/C21H35N3O5S/c1-7-9-24(18(25)10-14(5)8-2)16(13(3)4)11-17(29-21(28)22-6)19-23-15(12-30-19)20(26)27/h12-14,16-17H,7-11H2,1-6H3,(H,22,28)(H,26,27)/t14-,16+,17+/m0/s1. The van der Waals surface area contributed by atoms with Gasteiger partial charge in [0, 0.05) is 37.9 Å². The van der Waals surface area contributed by atoms with Gasteiger partial charge in [-0.25, -0.2) is 14.6 Å². The first-order valence-corrected chi connectivity index (χ1v) is 11.4. The van der Waals surface area contributed by atoms with E-state index in [2.05, 4.69) is 24.1 Å². The Kier molecular flexibility index (Phi) is 10.8. The first-order valence-electron chi connectivity index (χ1n) is 10.5. The lowest BCUT2D eigenvalue weighted by Gasteiger charge is -2.36. The van der Waals surface area contributed by atoms with E-state index in [1.807, 2.05) is 25.7 Å². The zero-order valence-electron chi connectivity index (χ0n) is 18.8. The van der Waals surface area contributed by atoms with Crippen LogP contribution in [0.3, 0.4) is 0 Å². The van der Waals surface area contributed by atoms with Gasteiger partial charge in [-0.1, -0.05) is 41.0 Å². The Balaban J connectivity index is 3.20. The Hall–Kier alpha value is -2.16. The molecule has 0 aliphatic rings. The van der Waals surface area contributed by atoms with Crippen LogP contribution in [0.5, 0.6) is 0 Å². The molecule has 30 heavy (non-hydrogen) atoms. The molecule has 1 aromatic rings. The molecule has 1 heterocycles. The Labute approximate surface area is 183 Å². The van der Waals surface area contributed by atoms with E-state index < -0.39 is 18.2 Å². The Morgan fingerprint density at radius 2 is 1.93 bits per heavy atom. The van der Waals surface area contributed by atoms with Crippen molar-refractivity contribution >= 4 is 29.3 Å². The fraction of sp³-hybridized carbons (Fsp3) is 0.714. The van der Waals surface area contributed by atoms with Gasteiger partial charge < -0.3 is 20.1 Å². The van der Waals surface area contributed by atoms with E-state index in [1.165, 1.54) is 12.4 Å². The average Bonchev–Trinajstić information content (AvgIpc) is 3.19. The molecular weight excluding hydrogens is 406 g/mol. The summed E-state index contributed by atoms with van der Waals surface area (Å²) in [5.41, 5.74) is -0.0835. The molecule has 1 rings (SSSR count). The van der Waals surface area contributed by atoms with Crippen molar-refractivity contribution in [3.8, 4) is 0 Å². The lowest BCUT2D eigenvalue weighted by molar-refractivity contribution is -0.136. The number of ether oxygens (including phenoxy) is 1. The van der Waals surface area contributed by atoms with Gasteiger partial charge >= 0.3 is 12.1 Å². The number of rotatable bonds is 12. The second-order valence-corrected chi connectivity index (χ2v) is 8.76. The van der Waals surface area contributed by atoms with E-state index in [0.29, 0.717) is 30.3 Å². The van der Waals surface area contributed by atoms with E-state index in [1.54, 1.807) is 0 Å². The maximum Gasteiger partial charge on any atom is 0.407 e. The van der Waals surface area contributed by atoms with Crippen LogP contribution in [0.25, 0.3) is 0 Å². The van der Waals surface area contributed by atoms with E-state index in [0.717, 1.165) is 24.2 Å². The van der Waals surface area contributed by atoms with Crippen molar-refractivity contribution in [2.75, 3.05) is 13.6 Å². The maximum absolute atomic E-state index is 13.1. The van der Waals surface area contributed by atoms with Crippen LogP contribution in [-0.2, 0) is 9.53 Å². The van der Waals surface area contributed by atoms with Crippen molar-refractivity contribution in [2.45, 2.75) is 72.4 Å². The number of amides is 2. The van der Waals surface area contributed by atoms with Gasteiger partial charge in [0.25, 0.3) is 0 Å². The Morgan fingerprint density at radius 1 is 1.27 bits per heavy atom. The van der Waals surface area contributed by atoms with Crippen molar-refractivity contribution in [1.82, 2.24) is 15.2 Å². The van der Waals surface area contributed by atoms with Crippen LogP contribution in [0.1, 0.15) is 81.9 Å². The Bertz CT molecular complexity index is 707. The normalized spacial score (nSPS) is 14.1. The number of thiazole rings is 1. The third kappa shape index (κ3) is 7.59. The first-order chi connectivity index (χ1) is 14.1. The number of aromatic nitrogens is 1. The highest BCUT2D eigenvalue weighted by Gasteiger charge is 2.32. The summed E-state index contributed by atoms with van der Waals surface area (Å²) in [5, 5.41) is 13.5. The summed E-state index contributed by atoms with van der Waals surface area (Å²) in [6.45, 7) is 10.8. The molecule has 0 aliphatic heterocycles. The van der Waals surface area contributed by atoms with Crippen LogP contribution >= 0.6 is 11.3 Å². The highest BCUT2D eigenvalue weighted by molar-refractivity contribution is 7.09. The molecule has 0 saturated heterocycles. The SMILES string of the molecule is CCCN(C(=O)C[C@@H](C)CC)[C@H](C[C@@H](OC(=O)NC)c1nc(C(=O)O)cs1)C(C)C. The van der Waals surface area contributed by atoms with E-state index in [-0.39, 0.29) is 23.6 Å². The lowest BCUT2D eigenvalue weighted by Crippen LogP contribution is -2.45. The molecule has 0 spiro atoms. The lowest BCUT2D eigenvalue weighted by atomic mass is 9.94. The summed E-state index contributed by atoms with van der Waals surface area (Å²) in [7, 11) is 1.46. The van der Waals surface area contributed by atoms with Gasteiger partial charge in [0.05, 0.1) is 0 Å². The smallest absolute Gasteiger partial charge is 0.407 e. The number of carboxylic acids is 1. The second-order valence-electron chi connectivity index (χ2n) is 7.87. The molecule has 170 valence electrons. The molecule has 2 amide bonds. The number of alkyl carbamates (subject to hydrolysis) is 1. The van der Waals surface area contributed by atoms with Gasteiger partial charge in [0.1, 0.15) is 5.01 Å². The summed E-state index contributed by atoms with van der Waals surface area (Å²) in [5.74, 6) is -0.631. The fourth-order valence-electron chi connectivity index (χ4n) is 3.18. The number of nitrogens with one attached hydrogen (secondary N) is 1. The summed E-state index contributed by atoms with van der Waals surface area (Å²) < 4.78 is 5.54. The minimum atomic E-state index is -1.13. The van der Waals surface area contributed by atoms with Crippen LogP contribution in [-0.4, -0.2) is 52.6 Å². The van der Waals surface area contributed by atoms with Gasteiger partial charge in [-0.15, -0.1) is 11.3 Å². The maximum atomic E-state index is 13.1. The number of hydrogen-bond acceptors (Lipinski definition) is 6. The summed E-state index contributed by atoms with van der Waals surface area (Å²) >= 11 is 1.14. The van der Waals surface area contributed by atoms with Gasteiger partial charge in [-0.05, 0) is 18.3 Å². The van der Waals surface area contributed by atoms with Crippen molar-refractivity contribution in [3.63, 3.8) is 0 Å². The number of carboxylic acid groups (broad SMARTS) is 1. The van der Waals surface area contributed by atoms with Crippen LogP contribution in [0.4, 0.5) is 4.79 Å². The van der Waals surface area contributed by atoms with Crippen molar-refractivity contribution in [2.24, 2.45) is 11.8 Å². The molecule has 3 atom stereocenters. The van der Waals surface area contributed by atoms with Crippen molar-refractivity contribution in [1.29, 1.82) is 0 Å². The monoisotopic (exact) mass is 441 g/mol. The highest BCUT2D eigenvalue weighted by atomic mass is 32.1. The zero-order chi connectivity index (χ0) is 22.8. The van der Waals surface area contributed by atoms with Gasteiger partial charge in [-0.3, -0.25) is 4.79 Å². The third-order valence-electron chi connectivity index (χ3n) is 5.10. The molecular formula is C21H35N3O5S. The summed E-state index contributed by atoms with van der Waals surface area (Å²) in [6, 6.07) is -0.173. The number of nitrogens with zero attached hydrogens (tertiary/aromatic N) is 2. The molecule has 0 aliphatic carbocycles. The predicted molar refractivity (Wildman–Crippen MR) is 117 cm³/mol. The van der Waals surface area contributed by atoms with Gasteiger partial charge in [0.15, 0.2) is 11.8 Å². The minimum Gasteiger partial charge on any atom is -0.476 e. The van der Waals surface area contributed by atoms with Crippen molar-refractivity contribution < 1.29 is 24.2 Å². The first kappa shape index (κ1) is 25.9. The van der Waals surface area contributed by atoms with Gasteiger partial charge in [0.2, 0.25) is 5.91 Å². The largest absolute Gasteiger partial charge is 0.476 e. The molecule has 0 unspecified atom stereocenters. The third-order valence-corrected chi connectivity index (χ3v) is 6.04. The average molecular weight is 442 g/mol. The number of carbonyl (C=O) groups excluding carboxylic acids is 2. The predicted octanol–water partition coefficient (Wildman–Crippen LogP) is 4.33. The fourth-order valence-corrected chi connectivity index (χ4v) is 4.01. The number of aromatic carboxylic acids is 1. The quantitative estimate of drug-likeness (QED) is 0.500. The molecule has 8 nitrogen and oxygen atoms in total. The molecule has 1 aromatic heterocycles. The topological polar surface area (TPSA) is 109 Å². The number of hydrogen-bond donors (Lipinski definition) is 2. The molecule has 0 radical (unpaired) electrons. The molecule has 0 saturated carbocycles. The minimum absolute atomic E-state index is 0.0835. The van der Waals surface area contributed by atoms with Crippen LogP contribution in [0.2, 0.25) is 0 Å². The molecule has 0 aromatic carbocycles. The van der Waals surface area contributed by atoms with Gasteiger partial charge in [-0.2, -0.15) is 0 Å². The van der Waals surface area contributed by atoms with E-state index in [9.17, 15) is 19.5 Å². The summed E-state index contributed by atoms with van der Waals surface area (Å²) in [6.07, 6.45) is 1.20. The van der Waals surface area contributed by atoms with E-state index in [4.69, 9.17) is 4.74 Å². The molecule has 2 N–H and O–H groups in total. The molecule has 9 heteroatoms. The van der Waals surface area contributed by atoms with Crippen LogP contribution in [0.15, 0.2) is 5.38 Å². The van der Waals surface area contributed by atoms with Crippen LogP contribution < -0.4 is 5.32 Å². The van der Waals surface area contributed by atoms with E-state index >= 15 is 0 Å². The molecule has 0 bridgehead atoms. The Morgan fingerprint density at radius 3 is 2.40 bits per heavy atom. The summed E-state index contributed by atoms with van der Waals surface area (Å²) in [4.78, 5) is 42.3.